The number of aliphatic carboxylic acids is 1. The van der Waals surface area contributed by atoms with E-state index in [0.29, 0.717) is 31.6 Å². The molecule has 0 aromatic carbocycles. The third kappa shape index (κ3) is 11.8. The number of fused-ring (bicyclic) bond motifs is 7. The molecule has 0 spiro atoms. The number of carbonyl (C=O) groups is 3. The van der Waals surface area contributed by atoms with E-state index >= 15 is 4.79 Å². The normalized spacial score (nSPS) is 46.3. The summed E-state index contributed by atoms with van der Waals surface area (Å²) < 4.78 is 36.5. The van der Waals surface area contributed by atoms with Gasteiger partial charge in [-0.3, -0.25) is 14.4 Å². The fourth-order valence-corrected chi connectivity index (χ4v) is 16.8. The molecule has 1 amide bonds. The molecule has 11 N–H and O–H groups in total. The zero-order chi connectivity index (χ0) is 57.8. The van der Waals surface area contributed by atoms with Crippen molar-refractivity contribution in [1.29, 1.82) is 0 Å². The van der Waals surface area contributed by atoms with Gasteiger partial charge in [0.2, 0.25) is 12.2 Å². The van der Waals surface area contributed by atoms with Crippen molar-refractivity contribution >= 4 is 17.8 Å². The van der Waals surface area contributed by atoms with Crippen LogP contribution in [0.3, 0.4) is 0 Å². The van der Waals surface area contributed by atoms with Crippen molar-refractivity contribution in [2.45, 2.75) is 276 Å². The molecule has 3 heterocycles. The highest BCUT2D eigenvalue weighted by molar-refractivity contribution is 5.80. The average molecular weight is 1120 g/mol. The van der Waals surface area contributed by atoms with Crippen LogP contribution in [-0.2, 0) is 42.8 Å². The maximum atomic E-state index is 15.7. The number of aliphatic hydroxyl groups excluding tert-OH is 9. The van der Waals surface area contributed by atoms with Crippen LogP contribution in [0.2, 0.25) is 0 Å². The quantitative estimate of drug-likeness (QED) is 0.0497. The lowest BCUT2D eigenvalue weighted by molar-refractivity contribution is -0.370. The van der Waals surface area contributed by atoms with Gasteiger partial charge in [0.25, 0.3) is 0 Å². The molecule has 3 saturated heterocycles. The Hall–Kier alpha value is -2.41. The molecule has 0 radical (unpaired) electrons. The van der Waals surface area contributed by atoms with Crippen molar-refractivity contribution in [1.82, 2.24) is 5.32 Å². The molecule has 5 aliphatic carbocycles. The van der Waals surface area contributed by atoms with Crippen LogP contribution in [0.4, 0.5) is 0 Å². The van der Waals surface area contributed by atoms with Gasteiger partial charge in [-0.1, -0.05) is 98.6 Å². The van der Waals surface area contributed by atoms with Gasteiger partial charge < -0.3 is 84.8 Å². The predicted octanol–water partition coefficient (Wildman–Crippen LogP) is 3.89. The van der Waals surface area contributed by atoms with E-state index in [0.717, 1.165) is 76.2 Å². The number of allylic oxidation sites excluding steroid dienone is 2. The number of unbranched alkanes of at least 4 members (excludes halogenated alkanes) is 7. The van der Waals surface area contributed by atoms with Gasteiger partial charge in [-0.05, 0) is 122 Å². The lowest BCUT2D eigenvalue weighted by Crippen LogP contribution is -2.69. The fourth-order valence-electron chi connectivity index (χ4n) is 16.8. The third-order valence-electron chi connectivity index (χ3n) is 21.8. The minimum absolute atomic E-state index is 0.0647. The minimum atomic E-state index is -1.93. The number of carboxylic acid groups (broad SMARTS) is 1. The fraction of sp³-hybridized carbons (Fsp3) is 0.915. The summed E-state index contributed by atoms with van der Waals surface area (Å²) >= 11 is 0. The molecule has 0 aromatic rings. The Morgan fingerprint density at radius 1 is 0.671 bits per heavy atom. The summed E-state index contributed by atoms with van der Waals surface area (Å²) in [5.41, 5.74) is -1.66. The molecule has 0 bridgehead atoms. The van der Waals surface area contributed by atoms with Crippen molar-refractivity contribution in [2.24, 2.45) is 50.2 Å². The molecule has 79 heavy (non-hydrogen) atoms. The van der Waals surface area contributed by atoms with Gasteiger partial charge in [-0.2, -0.15) is 0 Å². The number of rotatable bonds is 19. The van der Waals surface area contributed by atoms with Gasteiger partial charge in [0.05, 0.1) is 37.6 Å². The van der Waals surface area contributed by atoms with E-state index < -0.39 is 140 Å². The minimum Gasteiger partial charge on any atom is -0.481 e. The second-order valence-corrected chi connectivity index (χ2v) is 27.4. The maximum Gasteiger partial charge on any atom is 0.317 e. The molecule has 0 aromatic heterocycles. The lowest BCUT2D eigenvalue weighted by atomic mass is 9.33. The SMILES string of the molecule is C[C@H]1O[C@@H](OC2C(O)[C@@H](NC(=O)CCCCCCCCCCC(=O)O)C(CO)O[C@H]2OC(=O)[C@]23CCC(C)(C)CC2C2=CCC4C5(C)CC[C@H](O)C(C)(C)C5CC[C@@]4(C)[C@]2(C)CC3O)C(O)C(O)[C@H]1O[C@@H]1OC[C@@H](O)C(O)C1O. The highest BCUT2D eigenvalue weighted by atomic mass is 16.8. The van der Waals surface area contributed by atoms with Gasteiger partial charge in [0, 0.05) is 12.8 Å². The van der Waals surface area contributed by atoms with E-state index in [1.807, 2.05) is 0 Å². The van der Waals surface area contributed by atoms with E-state index in [1.54, 1.807) is 0 Å². The topological polar surface area (TPSA) is 321 Å². The van der Waals surface area contributed by atoms with Crippen molar-refractivity contribution < 1.29 is 93.9 Å². The highest BCUT2D eigenvalue weighted by Gasteiger charge is 2.72. The van der Waals surface area contributed by atoms with Gasteiger partial charge in [0.1, 0.15) is 54.2 Å². The van der Waals surface area contributed by atoms with E-state index in [4.69, 9.17) is 33.5 Å². The Balaban J connectivity index is 1.04. The average Bonchev–Trinajstić information content (AvgIpc) is 2.61. The molecule has 8 aliphatic rings. The Morgan fingerprint density at radius 2 is 1.30 bits per heavy atom. The largest absolute Gasteiger partial charge is 0.481 e. The molecule has 7 fully saturated rings. The molecule has 3 aliphatic heterocycles. The first-order chi connectivity index (χ1) is 37.1. The number of aliphatic hydroxyl groups is 9. The van der Waals surface area contributed by atoms with Gasteiger partial charge >= 0.3 is 11.9 Å². The van der Waals surface area contributed by atoms with E-state index in [-0.39, 0.29) is 59.4 Å². The van der Waals surface area contributed by atoms with Gasteiger partial charge in [-0.25, -0.2) is 0 Å². The van der Waals surface area contributed by atoms with Crippen LogP contribution in [-0.4, -0.2) is 180 Å². The summed E-state index contributed by atoms with van der Waals surface area (Å²) in [5.74, 6) is -1.95. The van der Waals surface area contributed by atoms with Crippen LogP contribution in [0.5, 0.6) is 0 Å². The third-order valence-corrected chi connectivity index (χ3v) is 21.8. The number of ether oxygens (including phenoxy) is 6. The van der Waals surface area contributed by atoms with Crippen LogP contribution >= 0.6 is 0 Å². The number of amides is 1. The molecule has 8 rings (SSSR count). The van der Waals surface area contributed by atoms with Crippen LogP contribution in [0, 0.1) is 50.2 Å². The van der Waals surface area contributed by atoms with Gasteiger partial charge in [-0.15, -0.1) is 0 Å². The van der Waals surface area contributed by atoms with E-state index in [9.17, 15) is 55.5 Å². The zero-order valence-electron chi connectivity index (χ0n) is 48.0. The van der Waals surface area contributed by atoms with Crippen LogP contribution in [0.15, 0.2) is 11.6 Å². The van der Waals surface area contributed by atoms with Gasteiger partial charge in [0.15, 0.2) is 18.7 Å². The number of esters is 1. The Morgan fingerprint density at radius 3 is 1.96 bits per heavy atom. The first-order valence-electron chi connectivity index (χ1n) is 29.8. The zero-order valence-corrected chi connectivity index (χ0v) is 48.0. The summed E-state index contributed by atoms with van der Waals surface area (Å²) in [4.78, 5) is 40.1. The number of hydrogen-bond acceptors (Lipinski definition) is 18. The molecule has 12 unspecified atom stereocenters. The molecule has 4 saturated carbocycles. The maximum absolute atomic E-state index is 15.7. The lowest BCUT2D eigenvalue weighted by Gasteiger charge is -2.71. The summed E-state index contributed by atoms with van der Waals surface area (Å²) in [6.45, 7) is 16.2. The smallest absolute Gasteiger partial charge is 0.317 e. The Labute approximate surface area is 466 Å². The summed E-state index contributed by atoms with van der Waals surface area (Å²) in [6, 6.07) is -1.34. The van der Waals surface area contributed by atoms with Crippen LogP contribution in [0.1, 0.15) is 177 Å². The van der Waals surface area contributed by atoms with Crippen LogP contribution in [0.25, 0.3) is 0 Å². The molecule has 23 atom stereocenters. The second-order valence-electron chi connectivity index (χ2n) is 27.4. The Kier molecular flexibility index (Phi) is 19.3. The molecule has 20 nitrogen and oxygen atoms in total. The monoisotopic (exact) mass is 1120 g/mol. The second kappa shape index (κ2) is 24.3. The number of hydrogen-bond donors (Lipinski definition) is 11. The number of carboxylic acids is 1. The highest BCUT2D eigenvalue weighted by Crippen LogP contribution is 2.76. The van der Waals surface area contributed by atoms with E-state index in [1.165, 1.54) is 6.92 Å². The number of carbonyl (C=O) groups excluding carboxylic acids is 2. The van der Waals surface area contributed by atoms with Crippen molar-refractivity contribution in [3.63, 3.8) is 0 Å². The first kappa shape index (κ1) is 62.6. The molecule has 20 heteroatoms. The van der Waals surface area contributed by atoms with Crippen LogP contribution < -0.4 is 5.32 Å². The van der Waals surface area contributed by atoms with Crippen molar-refractivity contribution in [3.05, 3.63) is 11.6 Å². The van der Waals surface area contributed by atoms with E-state index in [2.05, 4.69) is 59.9 Å². The summed E-state index contributed by atoms with van der Waals surface area (Å²) in [5, 5.41) is 113. The Bertz CT molecular complexity index is 2160. The standard InChI is InChI=1S/C59H97NO19/c1-31-48(77-50-46(71)43(68)34(62)30-74-50)45(70)47(72)51(75-31)78-49-44(69)42(60-40(65)17-15-13-11-9-10-12-14-16-18-41(66)67)35(29-61)76-52(49)79-53(73)59-26-25-54(2,3)27-33(59)32-19-20-37-56(6)23-22-38(63)55(4,5)36(56)21-24-57(37,7)58(32,8)28-39(59)64/h19,31,33-39,42-52,61-64,68-72H,9-18,20-30H2,1-8H3,(H,60,65)(H,66,67)/t31-,33?,34-,35?,36?,37?,38+,39?,42+,43?,44?,45?,46?,47?,48+,49?,50+,51+,52+,56?,57-,58-,59-/m1/s1. The molecular formula is C59H97NO19. The first-order valence-corrected chi connectivity index (χ1v) is 29.8. The summed E-state index contributed by atoms with van der Waals surface area (Å²) in [6.07, 6.45) is -7.64. The predicted molar refractivity (Wildman–Crippen MR) is 284 cm³/mol. The van der Waals surface area contributed by atoms with Crippen molar-refractivity contribution in [3.8, 4) is 0 Å². The van der Waals surface area contributed by atoms with Crippen molar-refractivity contribution in [2.75, 3.05) is 13.2 Å². The summed E-state index contributed by atoms with van der Waals surface area (Å²) in [7, 11) is 0. The molecular weight excluding hydrogens is 1030 g/mol. The molecule has 452 valence electrons. The number of nitrogens with one attached hydrogen (secondary N) is 1.